The normalized spacial score (nSPS) is 10.2. The molecule has 3 nitrogen and oxygen atoms in total. The molecule has 0 aliphatic heterocycles. The smallest absolute Gasteiger partial charge is 0.258 e. The second kappa shape index (κ2) is 4.45. The summed E-state index contributed by atoms with van der Waals surface area (Å²) in [4.78, 5) is 9.45. The van der Waals surface area contributed by atoms with E-state index in [-0.39, 0.29) is 12.0 Å². The lowest BCUT2D eigenvalue weighted by Gasteiger charge is -2.02. The third kappa shape index (κ3) is 2.06. The Morgan fingerprint density at radius 1 is 1.43 bits per heavy atom. The van der Waals surface area contributed by atoms with Crippen LogP contribution < -0.4 is 0 Å². The van der Waals surface area contributed by atoms with Crippen LogP contribution in [0.5, 0.6) is 0 Å². The topological polar surface area (TPSA) is 43.1 Å². The first-order valence-corrected chi connectivity index (χ1v) is 4.87. The van der Waals surface area contributed by atoms with Crippen molar-refractivity contribution in [3.63, 3.8) is 0 Å². The standard InChI is InChI=1S/C8H6BrF2NO2/c9-4-3-5-6(10)1-2-7(8(5)11)12(13)14/h1-2H,3-4H2. The molecule has 6 heteroatoms. The number of hydrogen-bond donors (Lipinski definition) is 0. The summed E-state index contributed by atoms with van der Waals surface area (Å²) in [5.41, 5.74) is -0.946. The molecule has 0 heterocycles. The molecule has 0 radical (unpaired) electrons. The maximum Gasteiger partial charge on any atom is 0.305 e. The van der Waals surface area contributed by atoms with E-state index in [1.807, 2.05) is 0 Å². The fraction of sp³-hybridized carbons (Fsp3) is 0.250. The summed E-state index contributed by atoms with van der Waals surface area (Å²) in [7, 11) is 0. The summed E-state index contributed by atoms with van der Waals surface area (Å²) in [5.74, 6) is -1.85. The zero-order chi connectivity index (χ0) is 10.7. The highest BCUT2D eigenvalue weighted by molar-refractivity contribution is 9.09. The summed E-state index contributed by atoms with van der Waals surface area (Å²) >= 11 is 3.01. The fourth-order valence-electron chi connectivity index (χ4n) is 1.05. The Labute approximate surface area is 87.0 Å². The van der Waals surface area contributed by atoms with Gasteiger partial charge in [0.05, 0.1) is 4.92 Å². The molecule has 1 rings (SSSR count). The number of benzene rings is 1. The van der Waals surface area contributed by atoms with Crippen LogP contribution in [0, 0.1) is 21.7 Å². The molecule has 0 atom stereocenters. The van der Waals surface area contributed by atoms with Gasteiger partial charge in [0.25, 0.3) is 0 Å². The van der Waals surface area contributed by atoms with Gasteiger partial charge in [-0.15, -0.1) is 0 Å². The largest absolute Gasteiger partial charge is 0.305 e. The number of alkyl halides is 1. The number of nitro benzene ring substituents is 1. The second-order valence-corrected chi connectivity index (χ2v) is 3.35. The highest BCUT2D eigenvalue weighted by atomic mass is 79.9. The summed E-state index contributed by atoms with van der Waals surface area (Å²) in [6, 6.07) is 1.72. The summed E-state index contributed by atoms with van der Waals surface area (Å²) < 4.78 is 26.3. The van der Waals surface area contributed by atoms with Gasteiger partial charge in [-0.2, -0.15) is 4.39 Å². The first-order chi connectivity index (χ1) is 6.57. The highest BCUT2D eigenvalue weighted by Gasteiger charge is 2.20. The quantitative estimate of drug-likeness (QED) is 0.479. The molecular formula is C8H6BrF2NO2. The lowest BCUT2D eigenvalue weighted by atomic mass is 10.1. The van der Waals surface area contributed by atoms with E-state index in [1.165, 1.54) is 0 Å². The van der Waals surface area contributed by atoms with Crippen LogP contribution in [0.15, 0.2) is 12.1 Å². The monoisotopic (exact) mass is 265 g/mol. The van der Waals surface area contributed by atoms with Crippen LogP contribution in [-0.4, -0.2) is 10.3 Å². The van der Waals surface area contributed by atoms with E-state index in [1.54, 1.807) is 0 Å². The van der Waals surface area contributed by atoms with Crippen molar-refractivity contribution in [2.75, 3.05) is 5.33 Å². The maximum atomic E-state index is 13.3. The average Bonchev–Trinajstić information content (AvgIpc) is 2.11. The SMILES string of the molecule is O=[N+]([O-])c1ccc(F)c(CCBr)c1F. The van der Waals surface area contributed by atoms with Crippen molar-refractivity contribution in [2.24, 2.45) is 0 Å². The van der Waals surface area contributed by atoms with Gasteiger partial charge >= 0.3 is 5.69 Å². The van der Waals surface area contributed by atoms with Crippen LogP contribution in [0.25, 0.3) is 0 Å². The van der Waals surface area contributed by atoms with Crippen LogP contribution in [0.3, 0.4) is 0 Å². The Bertz CT molecular complexity index is 371. The molecule has 1 aromatic carbocycles. The van der Waals surface area contributed by atoms with Crippen molar-refractivity contribution >= 4 is 21.6 Å². The lowest BCUT2D eigenvalue weighted by molar-refractivity contribution is -0.387. The fourth-order valence-corrected chi connectivity index (χ4v) is 1.45. The Balaban J connectivity index is 3.26. The number of hydrogen-bond acceptors (Lipinski definition) is 2. The third-order valence-corrected chi connectivity index (χ3v) is 2.10. The molecule has 0 N–H and O–H groups in total. The van der Waals surface area contributed by atoms with Crippen molar-refractivity contribution in [3.8, 4) is 0 Å². The van der Waals surface area contributed by atoms with E-state index in [0.29, 0.717) is 5.33 Å². The zero-order valence-electron chi connectivity index (χ0n) is 6.97. The van der Waals surface area contributed by atoms with Gasteiger partial charge in [-0.3, -0.25) is 10.1 Å². The third-order valence-electron chi connectivity index (χ3n) is 1.71. The Morgan fingerprint density at radius 3 is 2.57 bits per heavy atom. The Kier molecular flexibility index (Phi) is 3.51. The molecule has 0 bridgehead atoms. The van der Waals surface area contributed by atoms with Crippen molar-refractivity contribution in [1.29, 1.82) is 0 Å². The summed E-state index contributed by atoms with van der Waals surface area (Å²) in [5, 5.41) is 10.7. The Hall–Kier alpha value is -1.04. The minimum Gasteiger partial charge on any atom is -0.258 e. The molecule has 0 aromatic heterocycles. The summed E-state index contributed by atoms with van der Waals surface area (Å²) in [6.45, 7) is 0. The van der Waals surface area contributed by atoms with Crippen LogP contribution in [0.1, 0.15) is 5.56 Å². The molecule has 0 unspecified atom stereocenters. The number of nitro groups is 1. The minimum absolute atomic E-state index is 0.0827. The predicted octanol–water partition coefficient (Wildman–Crippen LogP) is 2.81. The van der Waals surface area contributed by atoms with Gasteiger partial charge in [0.1, 0.15) is 5.82 Å². The van der Waals surface area contributed by atoms with Gasteiger partial charge in [0.2, 0.25) is 5.82 Å². The molecule has 0 saturated heterocycles. The van der Waals surface area contributed by atoms with Crippen LogP contribution in [-0.2, 0) is 6.42 Å². The molecule has 14 heavy (non-hydrogen) atoms. The molecule has 0 fully saturated rings. The lowest BCUT2D eigenvalue weighted by Crippen LogP contribution is -2.01. The first-order valence-electron chi connectivity index (χ1n) is 3.75. The van der Waals surface area contributed by atoms with E-state index in [0.717, 1.165) is 12.1 Å². The molecule has 0 amide bonds. The molecular weight excluding hydrogens is 260 g/mol. The average molecular weight is 266 g/mol. The van der Waals surface area contributed by atoms with Gasteiger partial charge in [0, 0.05) is 17.0 Å². The van der Waals surface area contributed by atoms with Crippen molar-refractivity contribution < 1.29 is 13.7 Å². The predicted molar refractivity (Wildman–Crippen MR) is 50.5 cm³/mol. The van der Waals surface area contributed by atoms with Crippen molar-refractivity contribution in [1.82, 2.24) is 0 Å². The second-order valence-electron chi connectivity index (χ2n) is 2.56. The van der Waals surface area contributed by atoms with Crippen molar-refractivity contribution in [3.05, 3.63) is 39.4 Å². The van der Waals surface area contributed by atoms with E-state index in [2.05, 4.69) is 15.9 Å². The van der Waals surface area contributed by atoms with E-state index in [9.17, 15) is 18.9 Å². The van der Waals surface area contributed by atoms with Gasteiger partial charge in [-0.05, 0) is 12.5 Å². The number of rotatable bonds is 3. The number of halogens is 3. The molecule has 0 aliphatic carbocycles. The van der Waals surface area contributed by atoms with Crippen LogP contribution in [0.2, 0.25) is 0 Å². The van der Waals surface area contributed by atoms with E-state index >= 15 is 0 Å². The highest BCUT2D eigenvalue weighted by Crippen LogP contribution is 2.23. The molecule has 1 aromatic rings. The van der Waals surface area contributed by atoms with Gasteiger partial charge in [-0.25, -0.2) is 4.39 Å². The molecule has 76 valence electrons. The van der Waals surface area contributed by atoms with Crippen LogP contribution >= 0.6 is 15.9 Å². The first kappa shape index (κ1) is 11.0. The van der Waals surface area contributed by atoms with Gasteiger partial charge in [-0.1, -0.05) is 15.9 Å². The number of nitrogens with zero attached hydrogens (tertiary/aromatic N) is 1. The molecule has 0 saturated carbocycles. The van der Waals surface area contributed by atoms with Gasteiger partial charge < -0.3 is 0 Å². The zero-order valence-corrected chi connectivity index (χ0v) is 8.55. The maximum absolute atomic E-state index is 13.3. The minimum atomic E-state index is -1.09. The summed E-state index contributed by atoms with van der Waals surface area (Å²) in [6.07, 6.45) is 0.0827. The molecule has 0 spiro atoms. The van der Waals surface area contributed by atoms with E-state index in [4.69, 9.17) is 0 Å². The van der Waals surface area contributed by atoms with Crippen LogP contribution in [0.4, 0.5) is 14.5 Å². The molecule has 0 aliphatic rings. The van der Waals surface area contributed by atoms with Gasteiger partial charge in [0.15, 0.2) is 0 Å². The Morgan fingerprint density at radius 2 is 2.07 bits per heavy atom. The van der Waals surface area contributed by atoms with Crippen molar-refractivity contribution in [2.45, 2.75) is 6.42 Å². The van der Waals surface area contributed by atoms with E-state index < -0.39 is 22.2 Å².